The van der Waals surface area contributed by atoms with Crippen LogP contribution in [0.15, 0.2) is 48.7 Å². The molecule has 0 aliphatic carbocycles. The monoisotopic (exact) mass is 364 g/mol. The van der Waals surface area contributed by atoms with E-state index >= 15 is 0 Å². The van der Waals surface area contributed by atoms with E-state index in [4.69, 9.17) is 19.8 Å². The van der Waals surface area contributed by atoms with E-state index in [-0.39, 0.29) is 10.6 Å². The van der Waals surface area contributed by atoms with E-state index in [0.717, 1.165) is 29.2 Å². The molecule has 9 heteroatoms. The number of nitro groups is 1. The Labute approximate surface area is 147 Å². The van der Waals surface area contributed by atoms with Crippen LogP contribution in [0.4, 0.5) is 5.69 Å². The molecule has 0 aliphatic rings. The third-order valence-electron chi connectivity index (χ3n) is 2.83. The molecule has 0 amide bonds. The van der Waals surface area contributed by atoms with E-state index in [1.165, 1.54) is 0 Å². The lowest BCUT2D eigenvalue weighted by Gasteiger charge is -2.02. The molecule has 0 bridgehead atoms. The van der Waals surface area contributed by atoms with Gasteiger partial charge in [0.05, 0.1) is 4.92 Å². The van der Waals surface area contributed by atoms with Crippen molar-refractivity contribution < 1.29 is 24.7 Å². The van der Waals surface area contributed by atoms with Crippen LogP contribution in [0.5, 0.6) is 0 Å². The number of rotatable bonds is 6. The molecular formula is C16H16N2O6S. The number of carboxylic acid groups (broad SMARTS) is 2. The molecule has 0 unspecified atom stereocenters. The molecule has 0 radical (unpaired) electrons. The van der Waals surface area contributed by atoms with Crippen LogP contribution in [0, 0.1) is 10.1 Å². The van der Waals surface area contributed by atoms with E-state index in [1.54, 1.807) is 30.1 Å². The molecule has 8 nitrogen and oxygen atoms in total. The molecule has 0 atom stereocenters. The van der Waals surface area contributed by atoms with Crippen LogP contribution in [0.25, 0.3) is 0 Å². The van der Waals surface area contributed by atoms with Gasteiger partial charge in [-0.25, -0.2) is 9.59 Å². The molecule has 1 heterocycles. The molecule has 25 heavy (non-hydrogen) atoms. The average molecular weight is 364 g/mol. The first-order valence-corrected chi connectivity index (χ1v) is 8.23. The van der Waals surface area contributed by atoms with Gasteiger partial charge in [0, 0.05) is 29.8 Å². The van der Waals surface area contributed by atoms with Gasteiger partial charge < -0.3 is 10.2 Å². The fraction of sp³-hybridized carbons (Fsp3) is 0.188. The highest BCUT2D eigenvalue weighted by atomic mass is 32.2. The number of aromatic nitrogens is 1. The third kappa shape index (κ3) is 8.47. The van der Waals surface area contributed by atoms with Crippen LogP contribution in [-0.4, -0.2) is 37.8 Å². The van der Waals surface area contributed by atoms with Crippen molar-refractivity contribution in [3.8, 4) is 0 Å². The maximum atomic E-state index is 10.5. The molecule has 1 aromatic heterocycles. The number of pyridine rings is 1. The molecule has 1 aromatic carbocycles. The Kier molecular flexibility index (Phi) is 8.66. The molecule has 2 N–H and O–H groups in total. The Morgan fingerprint density at radius 1 is 1.08 bits per heavy atom. The highest BCUT2D eigenvalue weighted by Crippen LogP contribution is 2.17. The quantitative estimate of drug-likeness (QED) is 0.346. The van der Waals surface area contributed by atoms with Crippen LogP contribution in [0.3, 0.4) is 0 Å². The van der Waals surface area contributed by atoms with Gasteiger partial charge in [-0.15, -0.1) is 0 Å². The van der Waals surface area contributed by atoms with Crippen LogP contribution in [0.2, 0.25) is 0 Å². The number of aliphatic carboxylic acids is 2. The van der Waals surface area contributed by atoms with E-state index in [1.807, 2.05) is 30.3 Å². The lowest BCUT2D eigenvalue weighted by Crippen LogP contribution is -2.09. The van der Waals surface area contributed by atoms with Crippen molar-refractivity contribution >= 4 is 29.4 Å². The molecule has 0 fully saturated rings. The predicted octanol–water partition coefficient (Wildman–Crippen LogP) is 2.62. The summed E-state index contributed by atoms with van der Waals surface area (Å²) < 4.78 is 0. The normalized spacial score (nSPS) is 9.60. The Bertz CT molecular complexity index is 694. The van der Waals surface area contributed by atoms with Crippen LogP contribution in [-0.2, 0) is 21.8 Å². The number of hydrogen-bond acceptors (Lipinski definition) is 6. The van der Waals surface area contributed by atoms with Crippen molar-refractivity contribution in [1.82, 2.24) is 4.98 Å². The number of nitrogens with zero attached hydrogens (tertiary/aromatic N) is 2. The van der Waals surface area contributed by atoms with Crippen LogP contribution >= 0.6 is 11.8 Å². The number of nitro benzene ring substituents is 1. The standard InChI is InChI=1S/C14H14N2O2S.C2H2O4/c17-16(18)14-6-4-12(5-7-14)11-19-10-8-13-3-1-2-9-15-13;3-1(4)2(5)6/h1-7,9H,8,10-11H2;(H,3,4)(H,5,6). The second-order valence-electron chi connectivity index (χ2n) is 4.66. The fourth-order valence-electron chi connectivity index (χ4n) is 1.63. The van der Waals surface area contributed by atoms with Gasteiger partial charge in [-0.3, -0.25) is 15.1 Å². The SMILES string of the molecule is O=C(O)C(=O)O.O=[N+]([O-])c1ccc(CSCCc2ccccn2)cc1. The van der Waals surface area contributed by atoms with Gasteiger partial charge in [0.2, 0.25) is 0 Å². The first kappa shape index (κ1) is 20.1. The Hall–Kier alpha value is -2.94. The van der Waals surface area contributed by atoms with Crippen molar-refractivity contribution in [2.45, 2.75) is 12.2 Å². The van der Waals surface area contributed by atoms with E-state index in [0.29, 0.717) is 0 Å². The van der Waals surface area contributed by atoms with Gasteiger partial charge in [0.1, 0.15) is 0 Å². The number of benzene rings is 1. The van der Waals surface area contributed by atoms with Gasteiger partial charge in [-0.1, -0.05) is 18.2 Å². The second-order valence-corrected chi connectivity index (χ2v) is 5.76. The summed E-state index contributed by atoms with van der Waals surface area (Å²) in [6.07, 6.45) is 2.74. The fourth-order valence-corrected chi connectivity index (χ4v) is 2.55. The number of carboxylic acids is 2. The van der Waals surface area contributed by atoms with E-state index in [2.05, 4.69) is 4.98 Å². The Balaban J connectivity index is 0.000000450. The first-order chi connectivity index (χ1) is 11.9. The molecule has 0 saturated heterocycles. The molecule has 0 saturated carbocycles. The van der Waals surface area contributed by atoms with Crippen molar-refractivity contribution in [1.29, 1.82) is 0 Å². The zero-order valence-corrected chi connectivity index (χ0v) is 13.9. The summed E-state index contributed by atoms with van der Waals surface area (Å²) in [5.74, 6) is -1.79. The number of hydrogen-bond donors (Lipinski definition) is 2. The smallest absolute Gasteiger partial charge is 0.414 e. The minimum absolute atomic E-state index is 0.141. The zero-order chi connectivity index (χ0) is 18.7. The summed E-state index contributed by atoms with van der Waals surface area (Å²) in [5.41, 5.74) is 2.34. The lowest BCUT2D eigenvalue weighted by molar-refractivity contribution is -0.384. The summed E-state index contributed by atoms with van der Waals surface area (Å²) in [7, 11) is 0. The number of non-ortho nitro benzene ring substituents is 1. The third-order valence-corrected chi connectivity index (χ3v) is 3.86. The molecule has 2 aromatic rings. The van der Waals surface area contributed by atoms with Crippen molar-refractivity contribution in [2.24, 2.45) is 0 Å². The summed E-state index contributed by atoms with van der Waals surface area (Å²) in [5, 5.41) is 25.3. The van der Waals surface area contributed by atoms with Gasteiger partial charge in [0.25, 0.3) is 5.69 Å². The minimum Gasteiger partial charge on any atom is -0.473 e. The largest absolute Gasteiger partial charge is 0.473 e. The maximum Gasteiger partial charge on any atom is 0.414 e. The summed E-state index contributed by atoms with van der Waals surface area (Å²) in [4.78, 5) is 32.6. The molecule has 0 spiro atoms. The highest BCUT2D eigenvalue weighted by molar-refractivity contribution is 7.98. The molecule has 2 rings (SSSR count). The van der Waals surface area contributed by atoms with Gasteiger partial charge in [-0.05, 0) is 29.9 Å². The zero-order valence-electron chi connectivity index (χ0n) is 13.1. The van der Waals surface area contributed by atoms with Gasteiger partial charge >= 0.3 is 11.9 Å². The Morgan fingerprint density at radius 3 is 2.20 bits per heavy atom. The van der Waals surface area contributed by atoms with E-state index < -0.39 is 11.9 Å². The van der Waals surface area contributed by atoms with Crippen LogP contribution < -0.4 is 0 Å². The molecule has 0 aliphatic heterocycles. The summed E-state index contributed by atoms with van der Waals surface area (Å²) >= 11 is 1.81. The topological polar surface area (TPSA) is 131 Å². The Morgan fingerprint density at radius 2 is 1.72 bits per heavy atom. The predicted molar refractivity (Wildman–Crippen MR) is 92.5 cm³/mol. The van der Waals surface area contributed by atoms with E-state index in [9.17, 15) is 10.1 Å². The summed E-state index contributed by atoms with van der Waals surface area (Å²) in [6, 6.07) is 12.6. The number of thioether (sulfide) groups is 1. The summed E-state index contributed by atoms with van der Waals surface area (Å²) in [6.45, 7) is 0. The average Bonchev–Trinajstić information content (AvgIpc) is 2.60. The van der Waals surface area contributed by atoms with Crippen molar-refractivity contribution in [3.05, 3.63) is 70.0 Å². The second kappa shape index (κ2) is 10.8. The van der Waals surface area contributed by atoms with Crippen molar-refractivity contribution in [3.63, 3.8) is 0 Å². The van der Waals surface area contributed by atoms with Gasteiger partial charge in [0.15, 0.2) is 0 Å². The number of aryl methyl sites for hydroxylation is 1. The number of carbonyl (C=O) groups is 2. The molecule has 132 valence electrons. The van der Waals surface area contributed by atoms with Gasteiger partial charge in [-0.2, -0.15) is 11.8 Å². The van der Waals surface area contributed by atoms with Crippen LogP contribution in [0.1, 0.15) is 11.3 Å². The minimum atomic E-state index is -1.82. The maximum absolute atomic E-state index is 10.5. The molecular weight excluding hydrogens is 348 g/mol. The lowest BCUT2D eigenvalue weighted by atomic mass is 10.2. The van der Waals surface area contributed by atoms with Crippen molar-refractivity contribution in [2.75, 3.05) is 5.75 Å². The first-order valence-electron chi connectivity index (χ1n) is 7.07. The highest BCUT2D eigenvalue weighted by Gasteiger charge is 2.04.